The van der Waals surface area contributed by atoms with Gasteiger partial charge in [0, 0.05) is 19.6 Å². The summed E-state index contributed by atoms with van der Waals surface area (Å²) in [6.07, 6.45) is 0.690. The van der Waals surface area contributed by atoms with Crippen molar-refractivity contribution in [3.63, 3.8) is 0 Å². The van der Waals surface area contributed by atoms with E-state index in [9.17, 15) is 9.59 Å². The van der Waals surface area contributed by atoms with Crippen LogP contribution in [0.5, 0.6) is 0 Å². The number of nitrogens with one attached hydrogen (secondary N) is 1. The third kappa shape index (κ3) is 2.59. The summed E-state index contributed by atoms with van der Waals surface area (Å²) in [6.45, 7) is 1.53. The minimum atomic E-state index is -0.573. The Morgan fingerprint density at radius 2 is 2.38 bits per heavy atom. The van der Waals surface area contributed by atoms with E-state index in [-0.39, 0.29) is 11.9 Å². The molecule has 13 heavy (non-hydrogen) atoms. The van der Waals surface area contributed by atoms with Gasteiger partial charge in [-0.05, 0) is 6.42 Å². The van der Waals surface area contributed by atoms with Gasteiger partial charge in [0.1, 0.15) is 0 Å². The normalized spacial score (nSPS) is 22.1. The maximum atomic E-state index is 11.2. The van der Waals surface area contributed by atoms with E-state index in [4.69, 9.17) is 11.5 Å². The molecule has 1 aliphatic rings. The number of amides is 3. The van der Waals surface area contributed by atoms with Crippen molar-refractivity contribution in [2.75, 3.05) is 19.6 Å². The number of nitrogens with zero attached hydrogens (tertiary/aromatic N) is 1. The molecule has 0 radical (unpaired) electrons. The Kier molecular flexibility index (Phi) is 3.07. The average molecular weight is 186 g/mol. The lowest BCUT2D eigenvalue weighted by atomic mass is 10.3. The summed E-state index contributed by atoms with van der Waals surface area (Å²) in [4.78, 5) is 23.2. The third-order valence-corrected chi connectivity index (χ3v) is 2.02. The van der Waals surface area contributed by atoms with Crippen LogP contribution in [0.2, 0.25) is 0 Å². The zero-order valence-corrected chi connectivity index (χ0v) is 7.32. The van der Waals surface area contributed by atoms with E-state index in [1.54, 1.807) is 4.90 Å². The predicted molar refractivity (Wildman–Crippen MR) is 46.8 cm³/mol. The van der Waals surface area contributed by atoms with Crippen LogP contribution in [0.3, 0.4) is 0 Å². The molecule has 1 aliphatic heterocycles. The fourth-order valence-corrected chi connectivity index (χ4v) is 1.30. The fourth-order valence-electron chi connectivity index (χ4n) is 1.30. The molecule has 1 unspecified atom stereocenters. The number of nitrogens with two attached hydrogens (primary N) is 2. The molecular formula is C7H14N4O2. The highest BCUT2D eigenvalue weighted by molar-refractivity contribution is 5.83. The van der Waals surface area contributed by atoms with E-state index < -0.39 is 6.03 Å². The van der Waals surface area contributed by atoms with Crippen LogP contribution in [0.4, 0.5) is 4.79 Å². The summed E-state index contributed by atoms with van der Waals surface area (Å²) in [5, 5.41) is 2.41. The first-order valence-electron chi connectivity index (χ1n) is 4.19. The summed E-state index contributed by atoms with van der Waals surface area (Å²) in [5.41, 5.74) is 10.4. The third-order valence-electron chi connectivity index (χ3n) is 2.02. The summed E-state index contributed by atoms with van der Waals surface area (Å²) in [6, 6.07) is -0.940. The van der Waals surface area contributed by atoms with Gasteiger partial charge in [-0.1, -0.05) is 0 Å². The Morgan fingerprint density at radius 3 is 2.85 bits per heavy atom. The fraction of sp³-hybridized carbons (Fsp3) is 0.714. The van der Waals surface area contributed by atoms with E-state index in [0.29, 0.717) is 26.1 Å². The van der Waals surface area contributed by atoms with Crippen LogP contribution in [0.15, 0.2) is 0 Å². The first-order valence-corrected chi connectivity index (χ1v) is 4.19. The van der Waals surface area contributed by atoms with Gasteiger partial charge in [0.05, 0.1) is 6.04 Å². The quantitative estimate of drug-likeness (QED) is 0.485. The first kappa shape index (κ1) is 9.79. The topological polar surface area (TPSA) is 101 Å². The van der Waals surface area contributed by atoms with E-state index in [1.165, 1.54) is 0 Å². The molecule has 0 saturated carbocycles. The summed E-state index contributed by atoms with van der Waals surface area (Å²) in [5.74, 6) is -0.0497. The highest BCUT2D eigenvalue weighted by atomic mass is 16.2. The molecule has 1 rings (SSSR count). The van der Waals surface area contributed by atoms with Crippen molar-refractivity contribution in [3.8, 4) is 0 Å². The first-order chi connectivity index (χ1) is 6.11. The Morgan fingerprint density at radius 1 is 1.69 bits per heavy atom. The molecule has 0 spiro atoms. The predicted octanol–water partition coefficient (Wildman–Crippen LogP) is -1.79. The molecule has 1 saturated heterocycles. The monoisotopic (exact) mass is 186 g/mol. The van der Waals surface area contributed by atoms with Gasteiger partial charge in [-0.15, -0.1) is 0 Å². The number of carbonyl (C=O) groups excluding carboxylic acids is 2. The minimum Gasteiger partial charge on any atom is -0.352 e. The molecule has 74 valence electrons. The van der Waals surface area contributed by atoms with Crippen LogP contribution in [-0.4, -0.2) is 42.5 Å². The van der Waals surface area contributed by atoms with Crippen molar-refractivity contribution in [1.29, 1.82) is 0 Å². The van der Waals surface area contributed by atoms with Gasteiger partial charge >= 0.3 is 6.03 Å². The van der Waals surface area contributed by atoms with E-state index in [1.807, 2.05) is 0 Å². The van der Waals surface area contributed by atoms with Crippen LogP contribution in [0.25, 0.3) is 0 Å². The van der Waals surface area contributed by atoms with Gasteiger partial charge in [0.15, 0.2) is 0 Å². The molecule has 1 heterocycles. The molecule has 0 aromatic heterocycles. The molecule has 5 N–H and O–H groups in total. The molecule has 1 atom stereocenters. The molecule has 0 aliphatic carbocycles. The summed E-state index contributed by atoms with van der Waals surface area (Å²) in [7, 11) is 0. The highest BCUT2D eigenvalue weighted by Crippen LogP contribution is 2.07. The smallest absolute Gasteiger partial charge is 0.312 e. The van der Waals surface area contributed by atoms with Crippen molar-refractivity contribution < 1.29 is 9.59 Å². The molecule has 6 heteroatoms. The SMILES string of the molecule is NC(=O)NCCN1CCC(N)C1=O. The van der Waals surface area contributed by atoms with Gasteiger partial charge in [-0.2, -0.15) is 0 Å². The number of hydrogen-bond acceptors (Lipinski definition) is 3. The van der Waals surface area contributed by atoms with Crippen molar-refractivity contribution in [1.82, 2.24) is 10.2 Å². The second-order valence-corrected chi connectivity index (χ2v) is 3.01. The van der Waals surface area contributed by atoms with Crippen LogP contribution < -0.4 is 16.8 Å². The highest BCUT2D eigenvalue weighted by Gasteiger charge is 2.27. The van der Waals surface area contributed by atoms with Crippen molar-refractivity contribution in [3.05, 3.63) is 0 Å². The van der Waals surface area contributed by atoms with Gasteiger partial charge < -0.3 is 21.7 Å². The number of hydrogen-bond donors (Lipinski definition) is 3. The number of primary amides is 1. The lowest BCUT2D eigenvalue weighted by molar-refractivity contribution is -0.128. The van der Waals surface area contributed by atoms with Crippen molar-refractivity contribution in [2.24, 2.45) is 11.5 Å². The number of urea groups is 1. The van der Waals surface area contributed by atoms with Crippen LogP contribution >= 0.6 is 0 Å². The van der Waals surface area contributed by atoms with Crippen LogP contribution in [0.1, 0.15) is 6.42 Å². The Bertz CT molecular complexity index is 219. The molecule has 6 nitrogen and oxygen atoms in total. The van der Waals surface area contributed by atoms with Crippen LogP contribution in [-0.2, 0) is 4.79 Å². The van der Waals surface area contributed by atoms with Gasteiger partial charge in [0.2, 0.25) is 5.91 Å². The Hall–Kier alpha value is -1.30. The van der Waals surface area contributed by atoms with Gasteiger partial charge in [-0.3, -0.25) is 4.79 Å². The van der Waals surface area contributed by atoms with Crippen LogP contribution in [0, 0.1) is 0 Å². The molecule has 0 aromatic carbocycles. The zero-order valence-electron chi connectivity index (χ0n) is 7.32. The average Bonchev–Trinajstić information content (AvgIpc) is 2.35. The van der Waals surface area contributed by atoms with E-state index in [0.717, 1.165) is 0 Å². The van der Waals surface area contributed by atoms with E-state index >= 15 is 0 Å². The molecular weight excluding hydrogens is 172 g/mol. The Labute approximate surface area is 76.2 Å². The second kappa shape index (κ2) is 4.08. The largest absolute Gasteiger partial charge is 0.352 e. The number of carbonyl (C=O) groups is 2. The standard InChI is InChI=1S/C7H14N4O2/c8-5-1-3-11(6(5)12)4-2-10-7(9)13/h5H,1-4,8H2,(H3,9,10,13). The number of likely N-dealkylation sites (tertiary alicyclic amines) is 1. The Balaban J connectivity index is 2.23. The maximum Gasteiger partial charge on any atom is 0.312 e. The van der Waals surface area contributed by atoms with Gasteiger partial charge in [-0.25, -0.2) is 4.79 Å². The zero-order chi connectivity index (χ0) is 9.84. The van der Waals surface area contributed by atoms with Gasteiger partial charge in [0.25, 0.3) is 0 Å². The lowest BCUT2D eigenvalue weighted by Gasteiger charge is -2.15. The minimum absolute atomic E-state index is 0.0497. The summed E-state index contributed by atoms with van der Waals surface area (Å²) < 4.78 is 0. The maximum absolute atomic E-state index is 11.2. The van der Waals surface area contributed by atoms with Crippen molar-refractivity contribution in [2.45, 2.75) is 12.5 Å². The molecule has 0 bridgehead atoms. The number of rotatable bonds is 3. The molecule has 1 fully saturated rings. The summed E-state index contributed by atoms with van der Waals surface area (Å²) >= 11 is 0. The molecule has 0 aromatic rings. The van der Waals surface area contributed by atoms with Crippen molar-refractivity contribution >= 4 is 11.9 Å². The second-order valence-electron chi connectivity index (χ2n) is 3.01. The molecule has 3 amide bonds. The van der Waals surface area contributed by atoms with E-state index in [2.05, 4.69) is 5.32 Å². The lowest BCUT2D eigenvalue weighted by Crippen LogP contribution is -2.40.